The molecule has 0 radical (unpaired) electrons. The van der Waals surface area contributed by atoms with E-state index in [1.165, 1.54) is 11.6 Å². The van der Waals surface area contributed by atoms with E-state index in [1.807, 2.05) is 12.1 Å². The van der Waals surface area contributed by atoms with Crippen LogP contribution in [0.15, 0.2) is 48.5 Å². The molecule has 0 saturated carbocycles. The molecule has 1 saturated heterocycles. The van der Waals surface area contributed by atoms with Gasteiger partial charge in [0.2, 0.25) is 0 Å². The highest BCUT2D eigenvalue weighted by Gasteiger charge is 2.39. The van der Waals surface area contributed by atoms with Crippen molar-refractivity contribution >= 4 is 5.69 Å². The number of fused-ring (bicyclic) bond motifs is 3. The van der Waals surface area contributed by atoms with Gasteiger partial charge in [-0.2, -0.15) is 0 Å². The zero-order valence-corrected chi connectivity index (χ0v) is 11.8. The molecular weight excluding hydrogens is 265 g/mol. The molecule has 2 nitrogen and oxygen atoms in total. The summed E-state index contributed by atoms with van der Waals surface area (Å²) in [5.41, 5.74) is 3.33. The minimum Gasteiger partial charge on any atom is -0.384 e. The normalized spacial score (nSPS) is 27.4. The Morgan fingerprint density at radius 1 is 1.10 bits per heavy atom. The van der Waals surface area contributed by atoms with Gasteiger partial charge in [0.15, 0.2) is 0 Å². The Bertz CT molecular complexity index is 643. The number of hydrogen-bond acceptors (Lipinski definition) is 2. The molecule has 0 amide bonds. The van der Waals surface area contributed by atoms with Gasteiger partial charge in [-0.15, -0.1) is 0 Å². The highest BCUT2D eigenvalue weighted by atomic mass is 19.1. The first-order chi connectivity index (χ1) is 10.3. The second kappa shape index (κ2) is 5.15. The highest BCUT2D eigenvalue weighted by molar-refractivity contribution is 5.55. The summed E-state index contributed by atoms with van der Waals surface area (Å²) < 4.78 is 19.6. The third kappa shape index (κ3) is 2.22. The molecule has 1 fully saturated rings. The van der Waals surface area contributed by atoms with Crippen LogP contribution in [0.5, 0.6) is 0 Å². The summed E-state index contributed by atoms with van der Waals surface area (Å²) in [6.07, 6.45) is 1.02. The van der Waals surface area contributed by atoms with Crippen LogP contribution in [0.1, 0.15) is 29.6 Å². The van der Waals surface area contributed by atoms with Crippen LogP contribution in [0.2, 0.25) is 0 Å². The van der Waals surface area contributed by atoms with Crippen LogP contribution in [0.3, 0.4) is 0 Å². The zero-order valence-electron chi connectivity index (χ0n) is 11.8. The van der Waals surface area contributed by atoms with Crippen molar-refractivity contribution in [1.82, 2.24) is 0 Å². The van der Waals surface area contributed by atoms with E-state index in [0.717, 1.165) is 30.8 Å². The maximum atomic E-state index is 13.6. The number of nitrogens with one attached hydrogen (secondary N) is 1. The molecule has 2 aromatic rings. The van der Waals surface area contributed by atoms with Crippen molar-refractivity contribution in [2.45, 2.75) is 18.4 Å². The fraction of sp³-hybridized carbons (Fsp3) is 0.333. The highest BCUT2D eigenvalue weighted by Crippen LogP contribution is 2.47. The average molecular weight is 283 g/mol. The molecule has 0 aromatic heterocycles. The third-order valence-electron chi connectivity index (χ3n) is 4.71. The Morgan fingerprint density at radius 2 is 1.95 bits per heavy atom. The summed E-state index contributed by atoms with van der Waals surface area (Å²) >= 11 is 0. The van der Waals surface area contributed by atoms with E-state index < -0.39 is 0 Å². The predicted octanol–water partition coefficient (Wildman–Crippen LogP) is 4.11. The maximum absolute atomic E-state index is 13.6. The van der Waals surface area contributed by atoms with Gasteiger partial charge in [0.1, 0.15) is 5.82 Å². The number of halogens is 1. The summed E-state index contributed by atoms with van der Waals surface area (Å²) in [7, 11) is 0. The van der Waals surface area contributed by atoms with Crippen molar-refractivity contribution in [2.24, 2.45) is 5.92 Å². The first kappa shape index (κ1) is 12.8. The second-order valence-electron chi connectivity index (χ2n) is 5.87. The summed E-state index contributed by atoms with van der Waals surface area (Å²) in [4.78, 5) is 0. The van der Waals surface area contributed by atoms with E-state index in [2.05, 4.69) is 29.6 Å². The van der Waals surface area contributed by atoms with Crippen molar-refractivity contribution in [3.8, 4) is 0 Å². The molecule has 4 rings (SSSR count). The fourth-order valence-corrected chi connectivity index (χ4v) is 3.71. The molecule has 21 heavy (non-hydrogen) atoms. The molecule has 3 heteroatoms. The second-order valence-corrected chi connectivity index (χ2v) is 5.87. The van der Waals surface area contributed by atoms with Gasteiger partial charge in [0.05, 0.1) is 6.10 Å². The first-order valence-corrected chi connectivity index (χ1v) is 7.53. The molecule has 1 N–H and O–H groups in total. The number of rotatable bonds is 1. The van der Waals surface area contributed by atoms with Crippen molar-refractivity contribution in [1.29, 1.82) is 0 Å². The standard InChI is InChI=1S/C18H18FNO/c19-13-6-7-17-15(10-13)18-16(11-20-17)14(8-9-21-18)12-4-2-1-3-5-12/h1-7,10,14,16,18,20H,8-9,11H2/t14-,16+,18+/m1/s1. The summed E-state index contributed by atoms with van der Waals surface area (Å²) in [5, 5.41) is 3.44. The molecule has 0 unspecified atom stereocenters. The average Bonchev–Trinajstić information content (AvgIpc) is 2.55. The Balaban J connectivity index is 1.71. The molecule has 3 atom stereocenters. The SMILES string of the molecule is Fc1ccc2c(c1)[C@@H]1OCC[C@H](c3ccccc3)[C@@H]1CN2. The molecule has 2 heterocycles. The Kier molecular flexibility index (Phi) is 3.15. The Morgan fingerprint density at radius 3 is 2.81 bits per heavy atom. The zero-order chi connectivity index (χ0) is 14.2. The minimum atomic E-state index is -0.193. The smallest absolute Gasteiger partial charge is 0.123 e. The Labute approximate surface area is 123 Å². The van der Waals surface area contributed by atoms with E-state index in [0.29, 0.717) is 11.8 Å². The van der Waals surface area contributed by atoms with Gasteiger partial charge in [-0.05, 0) is 36.1 Å². The van der Waals surface area contributed by atoms with Crippen LogP contribution in [0.25, 0.3) is 0 Å². The number of hydrogen-bond donors (Lipinski definition) is 1. The lowest BCUT2D eigenvalue weighted by molar-refractivity contribution is -0.0382. The summed E-state index contributed by atoms with van der Waals surface area (Å²) in [6.45, 7) is 1.61. The fourth-order valence-electron chi connectivity index (χ4n) is 3.71. The quantitative estimate of drug-likeness (QED) is 0.850. The van der Waals surface area contributed by atoms with E-state index in [4.69, 9.17) is 4.74 Å². The lowest BCUT2D eigenvalue weighted by Gasteiger charge is -2.42. The molecule has 0 aliphatic carbocycles. The molecule has 0 bridgehead atoms. The first-order valence-electron chi connectivity index (χ1n) is 7.53. The molecule has 2 aromatic carbocycles. The number of ether oxygens (including phenoxy) is 1. The van der Waals surface area contributed by atoms with Crippen LogP contribution in [0.4, 0.5) is 10.1 Å². The van der Waals surface area contributed by atoms with E-state index in [-0.39, 0.29) is 11.9 Å². The molecular formula is C18H18FNO. The van der Waals surface area contributed by atoms with E-state index >= 15 is 0 Å². The van der Waals surface area contributed by atoms with E-state index in [9.17, 15) is 4.39 Å². The van der Waals surface area contributed by atoms with Crippen molar-refractivity contribution in [2.75, 3.05) is 18.5 Å². The molecule has 2 aliphatic heterocycles. The lowest BCUT2D eigenvalue weighted by Crippen LogP contribution is -2.37. The van der Waals surface area contributed by atoms with Gasteiger partial charge >= 0.3 is 0 Å². The van der Waals surface area contributed by atoms with Crippen molar-refractivity contribution < 1.29 is 9.13 Å². The van der Waals surface area contributed by atoms with Gasteiger partial charge in [0.25, 0.3) is 0 Å². The Hall–Kier alpha value is -1.87. The van der Waals surface area contributed by atoms with Gasteiger partial charge in [-0.3, -0.25) is 0 Å². The number of anilines is 1. The van der Waals surface area contributed by atoms with Crippen LogP contribution in [0, 0.1) is 11.7 Å². The largest absolute Gasteiger partial charge is 0.384 e. The van der Waals surface area contributed by atoms with Gasteiger partial charge in [-0.25, -0.2) is 4.39 Å². The summed E-state index contributed by atoms with van der Waals surface area (Å²) in [6, 6.07) is 15.5. The van der Waals surface area contributed by atoms with E-state index in [1.54, 1.807) is 6.07 Å². The third-order valence-corrected chi connectivity index (χ3v) is 4.71. The predicted molar refractivity (Wildman–Crippen MR) is 80.9 cm³/mol. The van der Waals surface area contributed by atoms with Crippen LogP contribution in [-0.2, 0) is 4.74 Å². The lowest BCUT2D eigenvalue weighted by atomic mass is 9.75. The monoisotopic (exact) mass is 283 g/mol. The van der Waals surface area contributed by atoms with Gasteiger partial charge in [-0.1, -0.05) is 30.3 Å². The van der Waals surface area contributed by atoms with Crippen LogP contribution in [-0.4, -0.2) is 13.2 Å². The van der Waals surface area contributed by atoms with Crippen molar-refractivity contribution in [3.63, 3.8) is 0 Å². The molecule has 2 aliphatic rings. The van der Waals surface area contributed by atoms with Crippen LogP contribution >= 0.6 is 0 Å². The maximum Gasteiger partial charge on any atom is 0.123 e. The molecule has 108 valence electrons. The van der Waals surface area contributed by atoms with Crippen LogP contribution < -0.4 is 5.32 Å². The van der Waals surface area contributed by atoms with Gasteiger partial charge < -0.3 is 10.1 Å². The minimum absolute atomic E-state index is 0.00379. The van der Waals surface area contributed by atoms with Crippen molar-refractivity contribution in [3.05, 3.63) is 65.5 Å². The molecule has 0 spiro atoms. The topological polar surface area (TPSA) is 21.3 Å². The summed E-state index contributed by atoms with van der Waals surface area (Å²) in [5.74, 6) is 0.631. The van der Waals surface area contributed by atoms with Gasteiger partial charge in [0, 0.05) is 30.3 Å². The number of benzene rings is 2.